The molecule has 0 fully saturated rings. The van der Waals surface area contributed by atoms with Crippen molar-refractivity contribution in [2.45, 2.75) is 450 Å². The Morgan fingerprint density at radius 2 is 0.581 bits per heavy atom. The monoisotopic (exact) mass is 1210 g/mol. The zero-order chi connectivity index (χ0) is 62.0. The summed E-state index contributed by atoms with van der Waals surface area (Å²) in [5.41, 5.74) is 0. The molecule has 0 aliphatic rings. The van der Waals surface area contributed by atoms with E-state index >= 15 is 0 Å². The molecule has 2 atom stereocenters. The van der Waals surface area contributed by atoms with Gasteiger partial charge in [0.15, 0.2) is 0 Å². The highest BCUT2D eigenvalue weighted by molar-refractivity contribution is 5.76. The van der Waals surface area contributed by atoms with E-state index in [0.717, 1.165) is 51.4 Å². The van der Waals surface area contributed by atoms with E-state index in [1.54, 1.807) is 0 Å². The van der Waals surface area contributed by atoms with Crippen LogP contribution in [-0.4, -0.2) is 47.4 Å². The van der Waals surface area contributed by atoms with E-state index in [-0.39, 0.29) is 18.5 Å². The molecule has 1 amide bonds. The number of ether oxygens (including phenoxy) is 1. The smallest absolute Gasteiger partial charge is 0.305 e. The van der Waals surface area contributed by atoms with Gasteiger partial charge in [-0.2, -0.15) is 0 Å². The van der Waals surface area contributed by atoms with Crippen molar-refractivity contribution in [3.63, 3.8) is 0 Å². The van der Waals surface area contributed by atoms with Crippen molar-refractivity contribution >= 4 is 11.9 Å². The summed E-state index contributed by atoms with van der Waals surface area (Å²) in [6.07, 6.45) is 97.9. The minimum absolute atomic E-state index is 0.00868. The second-order valence-corrected chi connectivity index (χ2v) is 27.0. The molecule has 3 N–H and O–H groups in total. The van der Waals surface area contributed by atoms with Crippen molar-refractivity contribution in [2.24, 2.45) is 0 Å². The second kappa shape index (κ2) is 75.5. The van der Waals surface area contributed by atoms with Gasteiger partial charge in [-0.25, -0.2) is 0 Å². The van der Waals surface area contributed by atoms with Crippen LogP contribution in [0, 0.1) is 0 Å². The van der Waals surface area contributed by atoms with Crippen molar-refractivity contribution in [1.29, 1.82) is 0 Å². The third-order valence-electron chi connectivity index (χ3n) is 18.4. The van der Waals surface area contributed by atoms with Crippen molar-refractivity contribution in [3.05, 3.63) is 36.5 Å². The van der Waals surface area contributed by atoms with Crippen LogP contribution in [0.4, 0.5) is 0 Å². The molecule has 508 valence electrons. The first-order chi connectivity index (χ1) is 42.5. The highest BCUT2D eigenvalue weighted by atomic mass is 16.5. The van der Waals surface area contributed by atoms with Gasteiger partial charge in [0.1, 0.15) is 0 Å². The molecule has 0 aromatic heterocycles. The van der Waals surface area contributed by atoms with Gasteiger partial charge in [-0.3, -0.25) is 9.59 Å². The molecule has 0 saturated carbocycles. The number of allylic oxidation sites excluding steroid dienone is 6. The summed E-state index contributed by atoms with van der Waals surface area (Å²) in [4.78, 5) is 24.7. The molecule has 0 spiro atoms. The van der Waals surface area contributed by atoms with Crippen LogP contribution in [0.1, 0.15) is 438 Å². The first-order valence-electron chi connectivity index (χ1n) is 39.2. The molecule has 0 aromatic rings. The maximum Gasteiger partial charge on any atom is 0.305 e. The molecule has 0 saturated heterocycles. The molecule has 86 heavy (non-hydrogen) atoms. The normalized spacial score (nSPS) is 12.7. The molecule has 0 aromatic carbocycles. The molecule has 6 heteroatoms. The third-order valence-corrected chi connectivity index (χ3v) is 18.4. The Kier molecular flexibility index (Phi) is 73.9. The highest BCUT2D eigenvalue weighted by Gasteiger charge is 2.20. The van der Waals surface area contributed by atoms with Crippen LogP contribution in [0.15, 0.2) is 36.5 Å². The number of rotatable bonds is 74. The summed E-state index contributed by atoms with van der Waals surface area (Å²) >= 11 is 0. The zero-order valence-electron chi connectivity index (χ0n) is 58.3. The molecule has 0 radical (unpaired) electrons. The summed E-state index contributed by atoms with van der Waals surface area (Å²) in [5, 5.41) is 23.5. The van der Waals surface area contributed by atoms with Crippen molar-refractivity contribution < 1.29 is 24.5 Å². The summed E-state index contributed by atoms with van der Waals surface area (Å²) in [5.74, 6) is -0.0245. The number of hydrogen-bond acceptors (Lipinski definition) is 5. The number of amides is 1. The van der Waals surface area contributed by atoms with Crippen molar-refractivity contribution in [2.75, 3.05) is 13.2 Å². The van der Waals surface area contributed by atoms with Crippen LogP contribution in [0.25, 0.3) is 0 Å². The fourth-order valence-corrected chi connectivity index (χ4v) is 12.4. The van der Waals surface area contributed by atoms with Gasteiger partial charge in [0.05, 0.1) is 25.4 Å². The van der Waals surface area contributed by atoms with Crippen molar-refractivity contribution in [1.82, 2.24) is 5.32 Å². The number of unbranched alkanes of at least 4 members (excludes halogenated alkanes) is 57. The van der Waals surface area contributed by atoms with E-state index in [9.17, 15) is 19.8 Å². The number of esters is 1. The number of carbonyl (C=O) groups excluding carboxylic acids is 2. The summed E-state index contributed by atoms with van der Waals surface area (Å²) in [6, 6.07) is -0.546. The molecule has 0 heterocycles. The first kappa shape index (κ1) is 84.1. The van der Waals surface area contributed by atoms with Gasteiger partial charge in [0, 0.05) is 12.8 Å². The Morgan fingerprint density at radius 1 is 0.326 bits per heavy atom. The van der Waals surface area contributed by atoms with Crippen LogP contribution in [-0.2, 0) is 14.3 Å². The quantitative estimate of drug-likeness (QED) is 0.0320. The largest absolute Gasteiger partial charge is 0.466 e. The van der Waals surface area contributed by atoms with Gasteiger partial charge in [-0.15, -0.1) is 0 Å². The first-order valence-corrected chi connectivity index (χ1v) is 39.2. The Morgan fingerprint density at radius 3 is 0.895 bits per heavy atom. The van der Waals surface area contributed by atoms with Crippen LogP contribution in [0.2, 0.25) is 0 Å². The molecule has 0 rings (SSSR count). The van der Waals surface area contributed by atoms with E-state index in [4.69, 9.17) is 4.74 Å². The number of aliphatic hydroxyl groups excluding tert-OH is 2. The molecular formula is C80H153NO5. The lowest BCUT2D eigenvalue weighted by molar-refractivity contribution is -0.143. The van der Waals surface area contributed by atoms with Crippen LogP contribution >= 0.6 is 0 Å². The molecule has 6 nitrogen and oxygen atoms in total. The topological polar surface area (TPSA) is 95.9 Å². The minimum atomic E-state index is -0.669. The average molecular weight is 1210 g/mol. The maximum absolute atomic E-state index is 12.6. The van der Waals surface area contributed by atoms with Crippen LogP contribution < -0.4 is 5.32 Å². The second-order valence-electron chi connectivity index (χ2n) is 27.0. The molecule has 0 aliphatic heterocycles. The molecule has 0 aliphatic carbocycles. The van der Waals surface area contributed by atoms with Gasteiger partial charge >= 0.3 is 5.97 Å². The van der Waals surface area contributed by atoms with Gasteiger partial charge < -0.3 is 20.3 Å². The van der Waals surface area contributed by atoms with Crippen LogP contribution in [0.3, 0.4) is 0 Å². The number of nitrogens with one attached hydrogen (secondary N) is 1. The Balaban J connectivity index is 3.41. The maximum atomic E-state index is 12.6. The highest BCUT2D eigenvalue weighted by Crippen LogP contribution is 2.19. The minimum Gasteiger partial charge on any atom is -0.466 e. The number of hydrogen-bond donors (Lipinski definition) is 3. The Bertz CT molecular complexity index is 1390. The molecular weight excluding hydrogens is 1050 g/mol. The van der Waals surface area contributed by atoms with Crippen molar-refractivity contribution in [3.8, 4) is 0 Å². The Labute approximate surface area is 538 Å². The standard InChI is InChI=1S/C80H153NO5/c1-3-5-7-9-11-13-15-17-19-21-23-24-25-31-34-37-40-44-48-52-56-60-64-68-72-78(83)77(76-82)81-79(84)73-69-65-61-57-53-49-45-41-38-35-32-29-27-26-28-30-33-36-39-43-47-51-55-59-63-67-71-75-86-80(85)74-70-66-62-58-54-50-46-42-22-20-18-16-14-12-10-8-6-4-2/h20,22,26-27,30,33,77-78,82-83H,3-19,21,23-25,28-29,31-32,34-76H2,1-2H3,(H,81,84)/b22-20-,27-26-,33-30-. The van der Waals surface area contributed by atoms with E-state index in [2.05, 4.69) is 55.6 Å². The average Bonchev–Trinajstić information content (AvgIpc) is 3.54. The Hall–Kier alpha value is -1.92. The summed E-state index contributed by atoms with van der Waals surface area (Å²) in [7, 11) is 0. The van der Waals surface area contributed by atoms with E-state index < -0.39 is 12.1 Å². The van der Waals surface area contributed by atoms with E-state index in [1.165, 1.54) is 353 Å². The molecule has 2 unspecified atom stereocenters. The van der Waals surface area contributed by atoms with E-state index in [1.807, 2.05) is 0 Å². The number of carbonyl (C=O) groups is 2. The zero-order valence-corrected chi connectivity index (χ0v) is 58.3. The summed E-state index contributed by atoms with van der Waals surface area (Å²) < 4.78 is 5.50. The predicted octanol–water partition coefficient (Wildman–Crippen LogP) is 25.8. The fraction of sp³-hybridized carbons (Fsp3) is 0.900. The van der Waals surface area contributed by atoms with Crippen LogP contribution in [0.5, 0.6) is 0 Å². The van der Waals surface area contributed by atoms with Gasteiger partial charge in [-0.1, -0.05) is 378 Å². The fourth-order valence-electron chi connectivity index (χ4n) is 12.4. The lowest BCUT2D eigenvalue weighted by Gasteiger charge is -2.22. The lowest BCUT2D eigenvalue weighted by Crippen LogP contribution is -2.45. The number of aliphatic hydroxyl groups is 2. The SMILES string of the molecule is CCCCCCCCC/C=C\CCCCCCCCCC(=O)OCCCCCCCCCCC/C=C\C/C=C\CCCCCCCCCCCCCC(=O)NC(CO)C(O)CCCCCCCCCCCCCCCCCCCCCCCCCC. The van der Waals surface area contributed by atoms with E-state index in [0.29, 0.717) is 25.9 Å². The molecule has 0 bridgehead atoms. The lowest BCUT2D eigenvalue weighted by atomic mass is 10.0. The van der Waals surface area contributed by atoms with Gasteiger partial charge in [-0.05, 0) is 83.5 Å². The van der Waals surface area contributed by atoms with Gasteiger partial charge in [0.2, 0.25) is 5.91 Å². The summed E-state index contributed by atoms with van der Waals surface area (Å²) in [6.45, 7) is 4.99. The third kappa shape index (κ3) is 71.2. The predicted molar refractivity (Wildman–Crippen MR) is 379 cm³/mol. The van der Waals surface area contributed by atoms with Gasteiger partial charge in [0.25, 0.3) is 0 Å².